The molecule has 0 radical (unpaired) electrons. The van der Waals surface area contributed by atoms with Gasteiger partial charge in [-0.05, 0) is 18.9 Å². The summed E-state index contributed by atoms with van der Waals surface area (Å²) in [7, 11) is 0. The van der Waals surface area contributed by atoms with E-state index in [-0.39, 0.29) is 42.0 Å². The fraction of sp³-hybridized carbons (Fsp3) is 0.562. The van der Waals surface area contributed by atoms with E-state index in [4.69, 9.17) is 16.3 Å². The second-order valence-electron chi connectivity index (χ2n) is 6.25. The number of alkyl halides is 2. The lowest BCUT2D eigenvalue weighted by Crippen LogP contribution is -2.30. The number of rotatable bonds is 5. The second kappa shape index (κ2) is 7.01. The summed E-state index contributed by atoms with van der Waals surface area (Å²) < 4.78 is 31.9. The van der Waals surface area contributed by atoms with Crippen molar-refractivity contribution in [2.45, 2.75) is 51.6 Å². The number of Topliss-reactive ketones (excluding diaryl/α,β-unsaturated/α-hetero) is 1. The standard InChI is InChI=1S/C16H18ClF2NO4/c1-9(2)15(21)11-7-12(17)14(8-13(11)20(22)23)24-10-3-5-16(18,19)6-4-10/h7-10H,3-6H2,1-2H3. The maximum Gasteiger partial charge on any atom is 0.284 e. The van der Waals surface area contributed by atoms with Crippen LogP contribution in [0.5, 0.6) is 5.75 Å². The van der Waals surface area contributed by atoms with Crippen LogP contribution in [0.25, 0.3) is 0 Å². The highest BCUT2D eigenvalue weighted by Gasteiger charge is 2.36. The fourth-order valence-corrected chi connectivity index (χ4v) is 2.81. The minimum Gasteiger partial charge on any atom is -0.489 e. The van der Waals surface area contributed by atoms with Gasteiger partial charge in [0, 0.05) is 18.8 Å². The van der Waals surface area contributed by atoms with Gasteiger partial charge in [-0.15, -0.1) is 0 Å². The van der Waals surface area contributed by atoms with E-state index < -0.39 is 34.3 Å². The predicted molar refractivity (Wildman–Crippen MR) is 85.1 cm³/mol. The lowest BCUT2D eigenvalue weighted by atomic mass is 9.94. The minimum atomic E-state index is -2.69. The Kier molecular flexibility index (Phi) is 5.42. The van der Waals surface area contributed by atoms with Gasteiger partial charge >= 0.3 is 0 Å². The first kappa shape index (κ1) is 18.6. The number of benzene rings is 1. The molecule has 1 aromatic rings. The van der Waals surface area contributed by atoms with Crippen molar-refractivity contribution in [3.05, 3.63) is 32.8 Å². The van der Waals surface area contributed by atoms with E-state index in [0.29, 0.717) is 0 Å². The summed E-state index contributed by atoms with van der Waals surface area (Å²) in [5.74, 6) is -3.47. The minimum absolute atomic E-state index is 0.0406. The van der Waals surface area contributed by atoms with E-state index in [1.807, 2.05) is 0 Å². The van der Waals surface area contributed by atoms with Crippen LogP contribution in [0.3, 0.4) is 0 Å². The number of nitrogens with zero attached hydrogens (tertiary/aromatic N) is 1. The summed E-state index contributed by atoms with van der Waals surface area (Å²) in [5, 5.41) is 11.3. The molecule has 1 fully saturated rings. The van der Waals surface area contributed by atoms with Gasteiger partial charge in [0.15, 0.2) is 5.78 Å². The molecule has 0 aliphatic heterocycles. The topological polar surface area (TPSA) is 69.4 Å². The van der Waals surface area contributed by atoms with Gasteiger partial charge < -0.3 is 4.74 Å². The molecule has 0 aromatic heterocycles. The molecule has 24 heavy (non-hydrogen) atoms. The van der Waals surface area contributed by atoms with Crippen LogP contribution in [0.1, 0.15) is 49.9 Å². The quantitative estimate of drug-likeness (QED) is 0.418. The SMILES string of the molecule is CC(C)C(=O)c1cc(Cl)c(OC2CCC(F)(F)CC2)cc1[N+](=O)[O-]. The Labute approximate surface area is 143 Å². The third kappa shape index (κ3) is 4.20. The van der Waals surface area contributed by atoms with Crippen LogP contribution in [0, 0.1) is 16.0 Å². The van der Waals surface area contributed by atoms with E-state index >= 15 is 0 Å². The third-order valence-corrected chi connectivity index (χ3v) is 4.29. The summed E-state index contributed by atoms with van der Waals surface area (Å²) >= 11 is 6.08. The molecule has 2 rings (SSSR count). The molecule has 0 bridgehead atoms. The molecular formula is C16H18ClF2NO4. The molecule has 0 unspecified atom stereocenters. The van der Waals surface area contributed by atoms with Crippen LogP contribution in [0.2, 0.25) is 5.02 Å². The van der Waals surface area contributed by atoms with Gasteiger partial charge in [-0.3, -0.25) is 14.9 Å². The molecule has 0 amide bonds. The molecule has 0 heterocycles. The average molecular weight is 362 g/mol. The summed E-state index contributed by atoms with van der Waals surface area (Å²) in [4.78, 5) is 22.7. The van der Waals surface area contributed by atoms with E-state index in [1.54, 1.807) is 13.8 Å². The molecule has 1 aliphatic carbocycles. The largest absolute Gasteiger partial charge is 0.489 e. The molecule has 0 N–H and O–H groups in total. The highest BCUT2D eigenvalue weighted by Crippen LogP contribution is 2.38. The van der Waals surface area contributed by atoms with Gasteiger partial charge in [-0.2, -0.15) is 0 Å². The smallest absolute Gasteiger partial charge is 0.284 e. The Bertz CT molecular complexity index is 654. The van der Waals surface area contributed by atoms with E-state index in [9.17, 15) is 23.7 Å². The van der Waals surface area contributed by atoms with Crippen molar-refractivity contribution in [2.75, 3.05) is 0 Å². The molecule has 0 atom stereocenters. The van der Waals surface area contributed by atoms with Gasteiger partial charge in [0.1, 0.15) is 5.75 Å². The van der Waals surface area contributed by atoms with Crippen molar-refractivity contribution in [2.24, 2.45) is 5.92 Å². The van der Waals surface area contributed by atoms with Crippen LogP contribution in [-0.4, -0.2) is 22.7 Å². The summed E-state index contributed by atoms with van der Waals surface area (Å²) in [6.45, 7) is 3.26. The number of carbonyl (C=O) groups excluding carboxylic acids is 1. The number of ketones is 1. The highest BCUT2D eigenvalue weighted by atomic mass is 35.5. The average Bonchev–Trinajstić information content (AvgIpc) is 2.49. The number of ether oxygens (including phenoxy) is 1. The van der Waals surface area contributed by atoms with Crippen LogP contribution in [0.15, 0.2) is 12.1 Å². The molecule has 5 nitrogen and oxygen atoms in total. The second-order valence-corrected chi connectivity index (χ2v) is 6.66. The van der Waals surface area contributed by atoms with E-state index in [0.717, 1.165) is 6.07 Å². The maximum atomic E-state index is 13.2. The molecule has 1 aromatic carbocycles. The van der Waals surface area contributed by atoms with E-state index in [2.05, 4.69) is 0 Å². The van der Waals surface area contributed by atoms with Gasteiger partial charge in [0.2, 0.25) is 5.92 Å². The first-order chi connectivity index (χ1) is 11.1. The maximum absolute atomic E-state index is 13.2. The van der Waals surface area contributed by atoms with Crippen LogP contribution < -0.4 is 4.74 Å². The summed E-state index contributed by atoms with van der Waals surface area (Å²) in [6, 6.07) is 2.32. The molecule has 0 saturated heterocycles. The highest BCUT2D eigenvalue weighted by molar-refractivity contribution is 6.32. The van der Waals surface area contributed by atoms with Crippen molar-refractivity contribution in [1.82, 2.24) is 0 Å². The lowest BCUT2D eigenvalue weighted by molar-refractivity contribution is -0.385. The zero-order chi connectivity index (χ0) is 18.1. The normalized spacial score (nSPS) is 17.8. The zero-order valence-corrected chi connectivity index (χ0v) is 14.1. The van der Waals surface area contributed by atoms with Crippen molar-refractivity contribution in [3.63, 3.8) is 0 Å². The summed E-state index contributed by atoms with van der Waals surface area (Å²) in [6.07, 6.45) is -0.774. The number of hydrogen-bond acceptors (Lipinski definition) is 4. The first-order valence-corrected chi connectivity index (χ1v) is 8.05. The monoisotopic (exact) mass is 361 g/mol. The molecular weight excluding hydrogens is 344 g/mol. The van der Waals surface area contributed by atoms with Crippen molar-refractivity contribution >= 4 is 23.1 Å². The number of halogens is 3. The number of carbonyl (C=O) groups is 1. The zero-order valence-electron chi connectivity index (χ0n) is 13.4. The van der Waals surface area contributed by atoms with Crippen molar-refractivity contribution in [1.29, 1.82) is 0 Å². The third-order valence-electron chi connectivity index (χ3n) is 3.99. The Balaban J connectivity index is 2.27. The summed E-state index contributed by atoms with van der Waals surface area (Å²) in [5.41, 5.74) is -0.475. The number of nitro benzene ring substituents is 1. The van der Waals surface area contributed by atoms with Gasteiger partial charge in [0.25, 0.3) is 5.69 Å². The van der Waals surface area contributed by atoms with Crippen molar-refractivity contribution < 1.29 is 23.2 Å². The first-order valence-electron chi connectivity index (χ1n) is 7.67. The van der Waals surface area contributed by atoms with Gasteiger partial charge in [0.05, 0.1) is 27.7 Å². The Morgan fingerprint density at radius 3 is 2.46 bits per heavy atom. The number of nitro groups is 1. The molecule has 1 saturated carbocycles. The van der Waals surface area contributed by atoms with Crippen LogP contribution >= 0.6 is 11.6 Å². The van der Waals surface area contributed by atoms with E-state index in [1.165, 1.54) is 6.07 Å². The Morgan fingerprint density at radius 2 is 1.96 bits per heavy atom. The van der Waals surface area contributed by atoms with Crippen LogP contribution in [0.4, 0.5) is 14.5 Å². The Hall–Kier alpha value is -1.76. The number of hydrogen-bond donors (Lipinski definition) is 0. The molecule has 8 heteroatoms. The van der Waals surface area contributed by atoms with Gasteiger partial charge in [-0.1, -0.05) is 25.4 Å². The van der Waals surface area contributed by atoms with Crippen molar-refractivity contribution in [3.8, 4) is 5.75 Å². The molecule has 1 aliphatic rings. The Morgan fingerprint density at radius 1 is 1.38 bits per heavy atom. The predicted octanol–water partition coefficient (Wildman–Crippen LogP) is 5.04. The lowest BCUT2D eigenvalue weighted by Gasteiger charge is -2.28. The van der Waals surface area contributed by atoms with Crippen LogP contribution in [-0.2, 0) is 0 Å². The molecule has 0 spiro atoms. The van der Waals surface area contributed by atoms with Gasteiger partial charge in [-0.25, -0.2) is 8.78 Å². The molecule has 132 valence electrons. The fourth-order valence-electron chi connectivity index (χ4n) is 2.60.